The van der Waals surface area contributed by atoms with E-state index in [1.807, 2.05) is 0 Å². The van der Waals surface area contributed by atoms with E-state index in [1.54, 1.807) is 0 Å². The van der Waals surface area contributed by atoms with Crippen LogP contribution in [0.3, 0.4) is 0 Å². The van der Waals surface area contributed by atoms with Crippen LogP contribution < -0.4 is 0 Å². The number of rotatable bonds is 4. The number of unbranched alkanes of at least 4 members (excludes halogenated alkanes) is 4. The zero-order valence-electron chi connectivity index (χ0n) is 7.19. The van der Waals surface area contributed by atoms with Crippen LogP contribution in [0.25, 0.3) is 0 Å². The molecule has 62 valence electrons. The van der Waals surface area contributed by atoms with Gasteiger partial charge in [-0.2, -0.15) is 6.42 Å². The van der Waals surface area contributed by atoms with E-state index in [-0.39, 0.29) is 40.8 Å². The fourth-order valence-corrected chi connectivity index (χ4v) is 0.604. The maximum absolute atomic E-state index is 7.00. The van der Waals surface area contributed by atoms with Crippen LogP contribution in [0.15, 0.2) is 0 Å². The van der Waals surface area contributed by atoms with E-state index in [2.05, 4.69) is 13.8 Å². The van der Waals surface area contributed by atoms with E-state index in [1.165, 1.54) is 25.7 Å². The summed E-state index contributed by atoms with van der Waals surface area (Å²) >= 11 is 0. The van der Waals surface area contributed by atoms with Crippen molar-refractivity contribution in [2.45, 2.75) is 39.0 Å². The van der Waals surface area contributed by atoms with Crippen molar-refractivity contribution in [3.8, 4) is 0 Å². The quantitative estimate of drug-likeness (QED) is 0.617. The van der Waals surface area contributed by atoms with Gasteiger partial charge in [0, 0.05) is 47.9 Å². The van der Waals surface area contributed by atoms with Gasteiger partial charge in [0.1, 0.15) is 0 Å². The van der Waals surface area contributed by atoms with E-state index < -0.39 is 0 Å². The summed E-state index contributed by atoms with van der Waals surface area (Å²) in [6.07, 6.45) is 6.52. The van der Waals surface area contributed by atoms with Crippen LogP contribution in [0.5, 0.6) is 0 Å². The molecule has 0 unspecified atom stereocenters. The second kappa shape index (κ2) is 22.4. The molecule has 0 aliphatic carbocycles. The van der Waals surface area contributed by atoms with Gasteiger partial charge in [0.15, 0.2) is 0 Å². The molecule has 0 atom stereocenters. The van der Waals surface area contributed by atoms with Crippen LogP contribution in [0, 0.1) is 47.8 Å². The largest absolute Gasteiger partial charge is 0.400 e. The van der Waals surface area contributed by atoms with E-state index in [0.29, 0.717) is 0 Å². The Balaban J connectivity index is -0.000000149. The summed E-state index contributed by atoms with van der Waals surface area (Å²) in [5.74, 6) is 0. The normalized spacial score (nSPS) is 7.20. The molecule has 10 heavy (non-hydrogen) atoms. The summed E-state index contributed by atoms with van der Waals surface area (Å²) in [5, 5.41) is 7.00. The molecule has 0 aliphatic rings. The molecule has 0 radical (unpaired) electrons. The van der Waals surface area contributed by atoms with Crippen molar-refractivity contribution in [2.75, 3.05) is 7.11 Å². The van der Waals surface area contributed by atoms with Crippen LogP contribution in [0.2, 0.25) is 0 Å². The Morgan fingerprint density at radius 2 is 1.60 bits per heavy atom. The molecule has 0 aliphatic heterocycles. The Kier molecular flexibility index (Phi) is 39.1. The Bertz CT molecular complexity index is 28.4. The molecular weight excluding hydrogens is 256 g/mol. The van der Waals surface area contributed by atoms with Gasteiger partial charge in [0.05, 0.1) is 0 Å². The predicted octanol–water partition coefficient (Wildman–Crippen LogP) is 2.40. The van der Waals surface area contributed by atoms with Gasteiger partial charge in [0.2, 0.25) is 0 Å². The minimum absolute atomic E-state index is 0. The van der Waals surface area contributed by atoms with Gasteiger partial charge >= 0.3 is 0 Å². The summed E-state index contributed by atoms with van der Waals surface area (Å²) in [5.41, 5.74) is 0. The molecule has 0 spiro atoms. The third-order valence-electron chi connectivity index (χ3n) is 1.10. The minimum Gasteiger partial charge on any atom is -0.400 e. The third kappa shape index (κ3) is 22.8. The summed E-state index contributed by atoms with van der Waals surface area (Å²) < 4.78 is 0. The fraction of sp³-hybridized carbons (Fsp3) is 0.875. The Morgan fingerprint density at radius 1 is 1.10 bits per heavy atom. The molecule has 0 aromatic heterocycles. The smallest absolute Gasteiger partial charge is 0.0319 e. The maximum atomic E-state index is 7.00. The van der Waals surface area contributed by atoms with Crippen LogP contribution in [0.4, 0.5) is 0 Å². The molecule has 0 aromatic carbocycles. The topological polar surface area (TPSA) is 20.2 Å². The number of hydrogen-bond donors (Lipinski definition) is 1. The first-order chi connectivity index (χ1) is 4.41. The van der Waals surface area contributed by atoms with Crippen LogP contribution >= 0.6 is 0 Å². The molecular formula is C8H19NdO-. The van der Waals surface area contributed by atoms with Crippen molar-refractivity contribution in [3.05, 3.63) is 6.92 Å². The average Bonchev–Trinajstić information content (AvgIpc) is 1.94. The second-order valence-corrected chi connectivity index (χ2v) is 1.91. The van der Waals surface area contributed by atoms with Gasteiger partial charge in [-0.3, -0.25) is 0 Å². The number of aliphatic hydroxyl groups is 1. The molecule has 2 heteroatoms. The summed E-state index contributed by atoms with van der Waals surface area (Å²) in [7, 11) is 1.00. The maximum Gasteiger partial charge on any atom is 0.0319 e. The van der Waals surface area contributed by atoms with Crippen LogP contribution in [0.1, 0.15) is 39.0 Å². The molecule has 0 saturated heterocycles. The number of hydrogen-bond acceptors (Lipinski definition) is 1. The fourth-order valence-electron chi connectivity index (χ4n) is 0.604. The van der Waals surface area contributed by atoms with Crippen molar-refractivity contribution in [3.63, 3.8) is 0 Å². The molecule has 0 saturated carbocycles. The summed E-state index contributed by atoms with van der Waals surface area (Å²) in [6, 6.07) is 0. The van der Waals surface area contributed by atoms with Crippen molar-refractivity contribution in [2.24, 2.45) is 0 Å². The van der Waals surface area contributed by atoms with E-state index in [0.717, 1.165) is 13.5 Å². The molecule has 1 N–H and O–H groups in total. The number of aliphatic hydroxyl groups excluding tert-OH is 1. The zero-order chi connectivity index (χ0) is 7.54. The third-order valence-corrected chi connectivity index (χ3v) is 1.10. The first kappa shape index (κ1) is 17.4. The van der Waals surface area contributed by atoms with Gasteiger partial charge in [-0.05, 0) is 0 Å². The van der Waals surface area contributed by atoms with E-state index in [9.17, 15) is 0 Å². The van der Waals surface area contributed by atoms with Gasteiger partial charge in [0.25, 0.3) is 0 Å². The monoisotopic (exact) mass is 273 g/mol. The first-order valence-corrected chi connectivity index (χ1v) is 3.65. The van der Waals surface area contributed by atoms with Crippen molar-refractivity contribution in [1.82, 2.24) is 0 Å². The van der Waals surface area contributed by atoms with Crippen molar-refractivity contribution >= 4 is 0 Å². The molecule has 0 aromatic rings. The van der Waals surface area contributed by atoms with Gasteiger partial charge in [-0.15, -0.1) is 0 Å². The Morgan fingerprint density at radius 3 is 1.90 bits per heavy atom. The van der Waals surface area contributed by atoms with Gasteiger partial charge in [-0.1, -0.05) is 32.6 Å². The SMILES string of the molecule is CO.[CH2-]CCCCCC.[Nd]. The zero-order valence-corrected chi connectivity index (χ0v) is 10.4. The summed E-state index contributed by atoms with van der Waals surface area (Å²) in [4.78, 5) is 0. The standard InChI is InChI=1S/C7H15.CH4O.Nd/c1-3-5-7-6-4-2;1-2;/h1,3-7H2,2H3;2H,1H3;/q-1;;. The van der Waals surface area contributed by atoms with E-state index >= 15 is 0 Å². The first-order valence-electron chi connectivity index (χ1n) is 3.65. The molecule has 0 rings (SSSR count). The van der Waals surface area contributed by atoms with Crippen LogP contribution in [-0.2, 0) is 0 Å². The van der Waals surface area contributed by atoms with Crippen molar-refractivity contribution < 1.29 is 45.9 Å². The Hall–Kier alpha value is 1.31. The van der Waals surface area contributed by atoms with Gasteiger partial charge < -0.3 is 12.0 Å². The second-order valence-electron chi connectivity index (χ2n) is 1.91. The molecule has 0 amide bonds. The predicted molar refractivity (Wildman–Crippen MR) is 42.3 cm³/mol. The molecule has 0 bridgehead atoms. The molecule has 1 nitrogen and oxygen atoms in total. The van der Waals surface area contributed by atoms with Gasteiger partial charge in [-0.25, -0.2) is 0 Å². The molecule has 0 heterocycles. The molecule has 0 fully saturated rings. The minimum atomic E-state index is 0. The van der Waals surface area contributed by atoms with E-state index in [4.69, 9.17) is 5.11 Å². The van der Waals surface area contributed by atoms with Crippen LogP contribution in [-0.4, -0.2) is 12.2 Å². The van der Waals surface area contributed by atoms with Crippen molar-refractivity contribution in [1.29, 1.82) is 0 Å². The Labute approximate surface area is 98.1 Å². The average molecular weight is 275 g/mol. The summed E-state index contributed by atoms with van der Waals surface area (Å²) in [6.45, 7) is 5.98.